The van der Waals surface area contributed by atoms with Gasteiger partial charge >= 0.3 is 0 Å². The van der Waals surface area contributed by atoms with E-state index in [9.17, 15) is 0 Å². The first-order valence-corrected chi connectivity index (χ1v) is 6.60. The van der Waals surface area contributed by atoms with Gasteiger partial charge in [-0.15, -0.1) is 0 Å². The van der Waals surface area contributed by atoms with E-state index in [1.54, 1.807) is 0 Å². The second-order valence-corrected chi connectivity index (χ2v) is 4.34. The lowest BCUT2D eigenvalue weighted by Gasteiger charge is -2.07. The molecule has 1 heterocycles. The Balaban J connectivity index is 2.11. The summed E-state index contributed by atoms with van der Waals surface area (Å²) < 4.78 is 0. The first kappa shape index (κ1) is 13.3. The van der Waals surface area contributed by atoms with Crippen LogP contribution in [-0.4, -0.2) is 21.5 Å². The normalized spacial score (nSPS) is 10.4. The van der Waals surface area contributed by atoms with Crippen molar-refractivity contribution >= 4 is 11.9 Å². The number of hydrogen-bond donors (Lipinski definition) is 2. The van der Waals surface area contributed by atoms with Gasteiger partial charge in [-0.05, 0) is 6.42 Å². The van der Waals surface area contributed by atoms with E-state index in [-0.39, 0.29) is 5.95 Å². The van der Waals surface area contributed by atoms with Crippen LogP contribution in [0.25, 0.3) is 11.4 Å². The molecule has 0 bridgehead atoms. The Morgan fingerprint density at radius 2 is 1.84 bits per heavy atom. The van der Waals surface area contributed by atoms with Gasteiger partial charge in [0.1, 0.15) is 0 Å². The number of rotatable bonds is 6. The number of nitrogens with two attached hydrogens (primary N) is 1. The maximum atomic E-state index is 5.72. The van der Waals surface area contributed by atoms with E-state index in [1.807, 2.05) is 30.3 Å². The highest BCUT2D eigenvalue weighted by Crippen LogP contribution is 2.16. The number of nitrogens with zero attached hydrogens (tertiary/aromatic N) is 3. The molecule has 0 saturated carbocycles. The van der Waals surface area contributed by atoms with Crippen LogP contribution < -0.4 is 11.1 Å². The third-order valence-corrected chi connectivity index (χ3v) is 2.75. The van der Waals surface area contributed by atoms with Crippen molar-refractivity contribution < 1.29 is 0 Å². The molecule has 0 unspecified atom stereocenters. The third kappa shape index (κ3) is 3.91. The summed E-state index contributed by atoms with van der Waals surface area (Å²) in [6, 6.07) is 9.76. The lowest BCUT2D eigenvalue weighted by molar-refractivity contribution is 0.740. The molecular formula is C14H19N5. The van der Waals surface area contributed by atoms with Crippen LogP contribution in [0, 0.1) is 0 Å². The van der Waals surface area contributed by atoms with Crippen molar-refractivity contribution in [2.45, 2.75) is 26.2 Å². The Morgan fingerprint density at radius 3 is 2.58 bits per heavy atom. The molecule has 0 saturated heterocycles. The minimum atomic E-state index is 0.242. The number of hydrogen-bond acceptors (Lipinski definition) is 5. The maximum absolute atomic E-state index is 5.72. The highest BCUT2D eigenvalue weighted by molar-refractivity contribution is 5.57. The zero-order valence-electron chi connectivity index (χ0n) is 11.1. The van der Waals surface area contributed by atoms with E-state index < -0.39 is 0 Å². The first-order chi connectivity index (χ1) is 9.29. The molecule has 5 heteroatoms. The zero-order chi connectivity index (χ0) is 13.5. The van der Waals surface area contributed by atoms with E-state index in [2.05, 4.69) is 27.2 Å². The summed E-state index contributed by atoms with van der Waals surface area (Å²) in [4.78, 5) is 12.7. The summed E-state index contributed by atoms with van der Waals surface area (Å²) in [6.45, 7) is 3.03. The first-order valence-electron chi connectivity index (χ1n) is 6.60. The van der Waals surface area contributed by atoms with Crippen LogP contribution in [0.3, 0.4) is 0 Å². The van der Waals surface area contributed by atoms with Gasteiger partial charge in [-0.1, -0.05) is 50.1 Å². The molecule has 0 aliphatic carbocycles. The summed E-state index contributed by atoms with van der Waals surface area (Å²) in [7, 11) is 0. The van der Waals surface area contributed by atoms with Crippen molar-refractivity contribution in [3.8, 4) is 11.4 Å². The topological polar surface area (TPSA) is 76.7 Å². The highest BCUT2D eigenvalue weighted by atomic mass is 15.2. The monoisotopic (exact) mass is 257 g/mol. The summed E-state index contributed by atoms with van der Waals surface area (Å²) in [5, 5.41) is 3.19. The van der Waals surface area contributed by atoms with Crippen molar-refractivity contribution in [1.82, 2.24) is 15.0 Å². The van der Waals surface area contributed by atoms with Crippen LogP contribution >= 0.6 is 0 Å². The molecule has 0 fully saturated rings. The molecule has 3 N–H and O–H groups in total. The summed E-state index contributed by atoms with van der Waals surface area (Å²) in [6.07, 6.45) is 3.48. The van der Waals surface area contributed by atoms with Crippen LogP contribution in [0.4, 0.5) is 11.9 Å². The molecule has 1 aromatic heterocycles. The smallest absolute Gasteiger partial charge is 0.228 e. The molecule has 100 valence electrons. The molecule has 1 aromatic carbocycles. The van der Waals surface area contributed by atoms with Gasteiger partial charge in [-0.3, -0.25) is 0 Å². The minimum absolute atomic E-state index is 0.242. The fourth-order valence-electron chi connectivity index (χ4n) is 1.76. The number of anilines is 2. The van der Waals surface area contributed by atoms with E-state index in [0.29, 0.717) is 11.8 Å². The van der Waals surface area contributed by atoms with Gasteiger partial charge in [0.2, 0.25) is 11.9 Å². The summed E-state index contributed by atoms with van der Waals surface area (Å²) in [5.74, 6) is 1.39. The summed E-state index contributed by atoms with van der Waals surface area (Å²) in [5.41, 5.74) is 6.66. The van der Waals surface area contributed by atoms with Crippen molar-refractivity contribution in [1.29, 1.82) is 0 Å². The molecule has 0 amide bonds. The second kappa shape index (κ2) is 6.68. The Hall–Kier alpha value is -2.17. The Kier molecular flexibility index (Phi) is 4.66. The molecule has 19 heavy (non-hydrogen) atoms. The molecule has 0 spiro atoms. The van der Waals surface area contributed by atoms with Crippen molar-refractivity contribution in [2.24, 2.45) is 0 Å². The number of aromatic nitrogens is 3. The van der Waals surface area contributed by atoms with Crippen molar-refractivity contribution in [2.75, 3.05) is 17.6 Å². The standard InChI is InChI=1S/C14H19N5/c1-2-3-7-10-16-14-18-12(17-13(15)19-14)11-8-5-4-6-9-11/h4-6,8-9H,2-3,7,10H2,1H3,(H3,15,16,17,18,19). The fraction of sp³-hybridized carbons (Fsp3) is 0.357. The average Bonchev–Trinajstić information content (AvgIpc) is 2.44. The number of nitrogens with one attached hydrogen (secondary N) is 1. The van der Waals surface area contributed by atoms with Gasteiger partial charge in [0.15, 0.2) is 5.82 Å². The minimum Gasteiger partial charge on any atom is -0.368 e. The Morgan fingerprint density at radius 1 is 1.05 bits per heavy atom. The molecule has 0 aliphatic heterocycles. The summed E-state index contributed by atoms with van der Waals surface area (Å²) >= 11 is 0. The molecule has 2 rings (SSSR count). The average molecular weight is 257 g/mol. The lowest BCUT2D eigenvalue weighted by Crippen LogP contribution is -2.09. The zero-order valence-corrected chi connectivity index (χ0v) is 11.1. The fourth-order valence-corrected chi connectivity index (χ4v) is 1.76. The lowest BCUT2D eigenvalue weighted by atomic mass is 10.2. The number of nitrogen functional groups attached to an aromatic ring is 1. The van der Waals surface area contributed by atoms with E-state index >= 15 is 0 Å². The van der Waals surface area contributed by atoms with Gasteiger partial charge in [-0.2, -0.15) is 15.0 Å². The maximum Gasteiger partial charge on any atom is 0.228 e. The predicted molar refractivity (Wildman–Crippen MR) is 77.7 cm³/mol. The molecule has 2 aromatic rings. The van der Waals surface area contributed by atoms with Gasteiger partial charge in [0, 0.05) is 12.1 Å². The van der Waals surface area contributed by atoms with Crippen LogP contribution in [0.15, 0.2) is 30.3 Å². The van der Waals surface area contributed by atoms with E-state index in [0.717, 1.165) is 18.5 Å². The van der Waals surface area contributed by atoms with Gasteiger partial charge in [0.25, 0.3) is 0 Å². The van der Waals surface area contributed by atoms with Crippen molar-refractivity contribution in [3.63, 3.8) is 0 Å². The Bertz CT molecular complexity index is 512. The molecule has 0 atom stereocenters. The van der Waals surface area contributed by atoms with Crippen LogP contribution in [-0.2, 0) is 0 Å². The van der Waals surface area contributed by atoms with Crippen LogP contribution in [0.1, 0.15) is 26.2 Å². The van der Waals surface area contributed by atoms with Gasteiger partial charge in [-0.25, -0.2) is 0 Å². The molecule has 0 aliphatic rings. The third-order valence-electron chi connectivity index (χ3n) is 2.75. The van der Waals surface area contributed by atoms with Crippen LogP contribution in [0.2, 0.25) is 0 Å². The molecule has 5 nitrogen and oxygen atoms in total. The second-order valence-electron chi connectivity index (χ2n) is 4.34. The van der Waals surface area contributed by atoms with Gasteiger partial charge in [0.05, 0.1) is 0 Å². The van der Waals surface area contributed by atoms with E-state index in [1.165, 1.54) is 12.8 Å². The molecule has 0 radical (unpaired) electrons. The SMILES string of the molecule is CCCCCNc1nc(N)nc(-c2ccccc2)n1. The quantitative estimate of drug-likeness (QED) is 0.778. The number of benzene rings is 1. The van der Waals surface area contributed by atoms with Gasteiger partial charge < -0.3 is 11.1 Å². The van der Waals surface area contributed by atoms with E-state index in [4.69, 9.17) is 5.73 Å². The Labute approximate surface area is 113 Å². The number of unbranched alkanes of at least 4 members (excludes halogenated alkanes) is 2. The van der Waals surface area contributed by atoms with Crippen molar-refractivity contribution in [3.05, 3.63) is 30.3 Å². The largest absolute Gasteiger partial charge is 0.368 e. The highest BCUT2D eigenvalue weighted by Gasteiger charge is 2.05. The molecular weight excluding hydrogens is 238 g/mol. The predicted octanol–water partition coefficient (Wildman–Crippen LogP) is 2.72. The van der Waals surface area contributed by atoms with Crippen LogP contribution in [0.5, 0.6) is 0 Å².